The number of thiocarbonyl (C=S) groups is 1. The Hall–Kier alpha value is -2.00. The summed E-state index contributed by atoms with van der Waals surface area (Å²) in [5.41, 5.74) is 3.85. The van der Waals surface area contributed by atoms with Crippen molar-refractivity contribution in [2.45, 2.75) is 13.8 Å². The van der Waals surface area contributed by atoms with Gasteiger partial charge in [0.15, 0.2) is 0 Å². The van der Waals surface area contributed by atoms with Gasteiger partial charge in [-0.15, -0.1) is 0 Å². The van der Waals surface area contributed by atoms with Gasteiger partial charge in [0, 0.05) is 23.0 Å². The van der Waals surface area contributed by atoms with Crippen molar-refractivity contribution in [2.75, 3.05) is 5.32 Å². The van der Waals surface area contributed by atoms with Gasteiger partial charge in [-0.05, 0) is 24.1 Å². The van der Waals surface area contributed by atoms with Crippen LogP contribution < -0.4 is 5.32 Å². The number of carbonyl (C=O) groups is 1. The van der Waals surface area contributed by atoms with Gasteiger partial charge in [0.05, 0.1) is 0 Å². The molecule has 1 N–H and O–H groups in total. The van der Waals surface area contributed by atoms with Gasteiger partial charge in [-0.3, -0.25) is 4.79 Å². The van der Waals surface area contributed by atoms with E-state index >= 15 is 0 Å². The molecule has 0 aromatic heterocycles. The van der Waals surface area contributed by atoms with Crippen molar-refractivity contribution in [1.82, 2.24) is 0 Å². The van der Waals surface area contributed by atoms with Gasteiger partial charge in [0.25, 0.3) is 0 Å². The molecule has 0 radical (unpaired) electrons. The largest absolute Gasteiger partial charge is 0.326 e. The Morgan fingerprint density at radius 2 is 1.53 bits per heavy atom. The van der Waals surface area contributed by atoms with E-state index in [9.17, 15) is 4.79 Å². The molecule has 96 valence electrons. The van der Waals surface area contributed by atoms with Crippen molar-refractivity contribution in [1.29, 1.82) is 0 Å². The van der Waals surface area contributed by atoms with E-state index in [1.54, 1.807) is 0 Å². The first-order valence-electron chi connectivity index (χ1n) is 6.06. The monoisotopic (exact) mass is 269 g/mol. The fraction of sp³-hybridized carbons (Fsp3) is 0.125. The van der Waals surface area contributed by atoms with Gasteiger partial charge in [0.2, 0.25) is 5.91 Å². The highest BCUT2D eigenvalue weighted by atomic mass is 32.1. The molecule has 3 heteroatoms. The minimum absolute atomic E-state index is 0.0796. The summed E-state index contributed by atoms with van der Waals surface area (Å²) in [4.78, 5) is 12.1. The van der Waals surface area contributed by atoms with Crippen LogP contribution in [0.1, 0.15) is 19.4 Å². The molecule has 0 aliphatic carbocycles. The van der Waals surface area contributed by atoms with E-state index in [1.807, 2.05) is 55.5 Å². The van der Waals surface area contributed by atoms with E-state index in [0.717, 1.165) is 27.2 Å². The number of para-hydroxylation sites is 1. The molecule has 0 saturated carbocycles. The van der Waals surface area contributed by atoms with Crippen LogP contribution in [0.25, 0.3) is 11.1 Å². The van der Waals surface area contributed by atoms with Gasteiger partial charge in [-0.25, -0.2) is 0 Å². The number of amides is 1. The molecule has 2 rings (SSSR count). The van der Waals surface area contributed by atoms with E-state index in [0.29, 0.717) is 0 Å². The highest BCUT2D eigenvalue weighted by molar-refractivity contribution is 7.80. The van der Waals surface area contributed by atoms with Crippen LogP contribution in [-0.2, 0) is 4.79 Å². The molecule has 2 aromatic carbocycles. The Kier molecular flexibility index (Phi) is 4.07. The van der Waals surface area contributed by atoms with Crippen molar-refractivity contribution < 1.29 is 4.79 Å². The average molecular weight is 269 g/mol. The van der Waals surface area contributed by atoms with Crippen LogP contribution >= 0.6 is 12.2 Å². The predicted octanol–water partition coefficient (Wildman–Crippen LogP) is 4.05. The predicted molar refractivity (Wildman–Crippen MR) is 83.6 cm³/mol. The summed E-state index contributed by atoms with van der Waals surface area (Å²) in [6.45, 7) is 3.42. The molecule has 0 aliphatic heterocycles. The van der Waals surface area contributed by atoms with E-state index in [1.165, 1.54) is 6.92 Å². The molecule has 0 heterocycles. The topological polar surface area (TPSA) is 29.1 Å². The van der Waals surface area contributed by atoms with Gasteiger partial charge >= 0.3 is 0 Å². The Labute approximate surface area is 118 Å². The van der Waals surface area contributed by atoms with Crippen LogP contribution in [0.3, 0.4) is 0 Å². The molecule has 1 amide bonds. The van der Waals surface area contributed by atoms with Crippen LogP contribution in [0.15, 0.2) is 48.5 Å². The first-order chi connectivity index (χ1) is 9.09. The van der Waals surface area contributed by atoms with Crippen LogP contribution in [0.5, 0.6) is 0 Å². The van der Waals surface area contributed by atoms with Crippen LogP contribution in [0.4, 0.5) is 5.69 Å². The highest BCUT2D eigenvalue weighted by Gasteiger charge is 2.10. The summed E-state index contributed by atoms with van der Waals surface area (Å²) in [5, 5.41) is 2.86. The number of hydrogen-bond donors (Lipinski definition) is 1. The summed E-state index contributed by atoms with van der Waals surface area (Å²) in [5.74, 6) is -0.0796. The fourth-order valence-corrected chi connectivity index (χ4v) is 2.22. The van der Waals surface area contributed by atoms with Gasteiger partial charge in [-0.1, -0.05) is 54.7 Å². The molecular formula is C16H15NOS. The van der Waals surface area contributed by atoms with Gasteiger partial charge in [-0.2, -0.15) is 0 Å². The van der Waals surface area contributed by atoms with Crippen molar-refractivity contribution in [3.8, 4) is 11.1 Å². The lowest BCUT2D eigenvalue weighted by molar-refractivity contribution is -0.114. The molecule has 0 fully saturated rings. The minimum Gasteiger partial charge on any atom is -0.326 e. The zero-order valence-electron chi connectivity index (χ0n) is 10.9. The second-order valence-corrected chi connectivity index (χ2v) is 4.94. The average Bonchev–Trinajstić information content (AvgIpc) is 2.38. The molecule has 0 spiro atoms. The number of carbonyl (C=O) groups excluding carboxylic acids is 1. The third-order valence-electron chi connectivity index (χ3n) is 2.83. The normalized spacial score (nSPS) is 10.0. The Balaban J connectivity index is 2.59. The summed E-state index contributed by atoms with van der Waals surface area (Å²) < 4.78 is 0. The van der Waals surface area contributed by atoms with Crippen LogP contribution in [-0.4, -0.2) is 10.8 Å². The number of anilines is 1. The van der Waals surface area contributed by atoms with Gasteiger partial charge < -0.3 is 5.32 Å². The van der Waals surface area contributed by atoms with E-state index in [2.05, 4.69) is 5.32 Å². The lowest BCUT2D eigenvalue weighted by atomic mass is 9.96. The van der Waals surface area contributed by atoms with E-state index < -0.39 is 0 Å². The molecular weight excluding hydrogens is 254 g/mol. The number of nitrogens with one attached hydrogen (secondary N) is 1. The summed E-state index contributed by atoms with van der Waals surface area (Å²) in [6.07, 6.45) is 0. The summed E-state index contributed by atoms with van der Waals surface area (Å²) in [6, 6.07) is 15.7. The van der Waals surface area contributed by atoms with Crippen LogP contribution in [0.2, 0.25) is 0 Å². The standard InChI is InChI=1S/C16H15NOS/c1-11(19)13-7-3-4-8-14(13)15-9-5-6-10-16(15)17-12(2)18/h3-10H,1-2H3,(H,17,18). The second kappa shape index (κ2) is 5.76. The maximum absolute atomic E-state index is 11.3. The Morgan fingerprint density at radius 1 is 0.947 bits per heavy atom. The Morgan fingerprint density at radius 3 is 2.16 bits per heavy atom. The molecule has 0 saturated heterocycles. The fourth-order valence-electron chi connectivity index (χ4n) is 2.04. The molecule has 0 aliphatic rings. The third kappa shape index (κ3) is 3.06. The molecule has 0 atom stereocenters. The zero-order valence-corrected chi connectivity index (χ0v) is 11.8. The van der Waals surface area contributed by atoms with Crippen molar-refractivity contribution in [2.24, 2.45) is 0 Å². The first kappa shape index (κ1) is 13.4. The van der Waals surface area contributed by atoms with E-state index in [-0.39, 0.29) is 5.91 Å². The highest BCUT2D eigenvalue weighted by Crippen LogP contribution is 2.31. The molecule has 2 nitrogen and oxygen atoms in total. The smallest absolute Gasteiger partial charge is 0.221 e. The first-order valence-corrected chi connectivity index (χ1v) is 6.47. The Bertz CT molecular complexity index is 634. The minimum atomic E-state index is -0.0796. The van der Waals surface area contributed by atoms with Crippen LogP contribution in [0, 0.1) is 0 Å². The number of benzene rings is 2. The third-order valence-corrected chi connectivity index (χ3v) is 3.05. The van der Waals surface area contributed by atoms with Crippen molar-refractivity contribution in [3.05, 3.63) is 54.1 Å². The SMILES string of the molecule is CC(=O)Nc1ccccc1-c1ccccc1C(C)=S. The summed E-state index contributed by atoms with van der Waals surface area (Å²) >= 11 is 5.29. The lowest BCUT2D eigenvalue weighted by Gasteiger charge is -2.13. The van der Waals surface area contributed by atoms with Gasteiger partial charge in [0.1, 0.15) is 0 Å². The molecule has 2 aromatic rings. The maximum atomic E-state index is 11.3. The maximum Gasteiger partial charge on any atom is 0.221 e. The number of rotatable bonds is 3. The second-order valence-electron chi connectivity index (χ2n) is 4.33. The number of hydrogen-bond acceptors (Lipinski definition) is 2. The quantitative estimate of drug-likeness (QED) is 0.672. The molecule has 19 heavy (non-hydrogen) atoms. The zero-order chi connectivity index (χ0) is 13.8. The molecule has 0 unspecified atom stereocenters. The van der Waals surface area contributed by atoms with Crippen molar-refractivity contribution >= 4 is 28.7 Å². The molecule has 0 bridgehead atoms. The lowest BCUT2D eigenvalue weighted by Crippen LogP contribution is -2.07. The van der Waals surface area contributed by atoms with E-state index in [4.69, 9.17) is 12.2 Å². The summed E-state index contributed by atoms with van der Waals surface area (Å²) in [7, 11) is 0. The van der Waals surface area contributed by atoms with Crippen molar-refractivity contribution in [3.63, 3.8) is 0 Å².